The maximum Gasteiger partial charge on any atom is 0.253 e. The van der Waals surface area contributed by atoms with Crippen LogP contribution in [0.1, 0.15) is 29.8 Å². The van der Waals surface area contributed by atoms with Gasteiger partial charge in [-0.2, -0.15) is 4.68 Å². The van der Waals surface area contributed by atoms with Gasteiger partial charge >= 0.3 is 0 Å². The first-order valence-corrected chi connectivity index (χ1v) is 7.55. The van der Waals surface area contributed by atoms with Crippen LogP contribution in [0.4, 0.5) is 0 Å². The quantitative estimate of drug-likeness (QED) is 0.739. The number of hydrogen-bond acceptors (Lipinski definition) is 3. The maximum absolute atomic E-state index is 12.4. The minimum absolute atomic E-state index is 0.0645. The third-order valence-corrected chi connectivity index (χ3v) is 3.61. The van der Waals surface area contributed by atoms with E-state index >= 15 is 0 Å². The van der Waals surface area contributed by atoms with Crippen molar-refractivity contribution in [3.05, 3.63) is 59.7 Å². The zero-order valence-electron chi connectivity index (χ0n) is 12.9. The van der Waals surface area contributed by atoms with Gasteiger partial charge in [-0.15, -0.1) is 5.10 Å². The Balaban J connectivity index is 1.76. The highest BCUT2D eigenvalue weighted by atomic mass is 16.2. The van der Waals surface area contributed by atoms with Crippen LogP contribution < -0.4 is 0 Å². The summed E-state index contributed by atoms with van der Waals surface area (Å²) in [6, 6.07) is 15.7. The molecular weight excluding hydrogens is 274 g/mol. The lowest BCUT2D eigenvalue weighted by molar-refractivity contribution is 0.0901. The van der Waals surface area contributed by atoms with E-state index in [-0.39, 0.29) is 5.91 Å². The van der Waals surface area contributed by atoms with Gasteiger partial charge in [0.25, 0.3) is 5.91 Å². The molecule has 0 atom stereocenters. The van der Waals surface area contributed by atoms with E-state index in [1.165, 1.54) is 10.2 Å². The molecule has 0 saturated heterocycles. The Kier molecular flexibility index (Phi) is 4.00. The third-order valence-electron chi connectivity index (χ3n) is 3.61. The van der Waals surface area contributed by atoms with Gasteiger partial charge in [-0.25, -0.2) is 0 Å². The summed E-state index contributed by atoms with van der Waals surface area (Å²) in [6.45, 7) is 4.40. The van der Waals surface area contributed by atoms with Crippen molar-refractivity contribution in [2.24, 2.45) is 5.92 Å². The predicted molar refractivity (Wildman–Crippen MR) is 86.8 cm³/mol. The Labute approximate surface area is 129 Å². The monoisotopic (exact) mass is 293 g/mol. The van der Waals surface area contributed by atoms with Gasteiger partial charge in [0.1, 0.15) is 5.52 Å². The smallest absolute Gasteiger partial charge is 0.253 e. The van der Waals surface area contributed by atoms with Crippen LogP contribution in [0, 0.1) is 5.92 Å². The minimum Gasteiger partial charge on any atom is -0.272 e. The van der Waals surface area contributed by atoms with Crippen LogP contribution in [0.2, 0.25) is 0 Å². The summed E-state index contributed by atoms with van der Waals surface area (Å²) < 4.78 is 1.39. The molecule has 22 heavy (non-hydrogen) atoms. The normalized spacial score (nSPS) is 11.2. The van der Waals surface area contributed by atoms with Gasteiger partial charge < -0.3 is 0 Å². The molecular formula is C18H19N3O. The fourth-order valence-electron chi connectivity index (χ4n) is 2.57. The van der Waals surface area contributed by atoms with Crippen molar-refractivity contribution in [3.8, 4) is 0 Å². The van der Waals surface area contributed by atoms with Crippen LogP contribution in [-0.2, 0) is 12.8 Å². The summed E-state index contributed by atoms with van der Waals surface area (Å²) in [7, 11) is 0. The van der Waals surface area contributed by atoms with E-state index in [1.807, 2.05) is 36.4 Å². The second-order valence-corrected chi connectivity index (χ2v) is 5.97. The van der Waals surface area contributed by atoms with Crippen molar-refractivity contribution in [2.75, 3.05) is 0 Å². The molecule has 0 fully saturated rings. The number of nitrogens with zero attached hydrogens (tertiary/aromatic N) is 3. The van der Waals surface area contributed by atoms with E-state index < -0.39 is 0 Å². The SMILES string of the molecule is CC(C)Cc1ccc(CC(=O)n2nnc3ccccc32)cc1. The average Bonchev–Trinajstić information content (AvgIpc) is 2.93. The van der Waals surface area contributed by atoms with E-state index in [9.17, 15) is 4.79 Å². The van der Waals surface area contributed by atoms with Crippen molar-refractivity contribution in [1.82, 2.24) is 15.0 Å². The molecule has 0 aliphatic heterocycles. The molecule has 3 aromatic rings. The molecule has 2 aromatic carbocycles. The summed E-state index contributed by atoms with van der Waals surface area (Å²) in [4.78, 5) is 12.4. The minimum atomic E-state index is -0.0645. The number of para-hydroxylation sites is 1. The number of carbonyl (C=O) groups excluding carboxylic acids is 1. The summed E-state index contributed by atoms with van der Waals surface area (Å²) >= 11 is 0. The van der Waals surface area contributed by atoms with Crippen molar-refractivity contribution in [1.29, 1.82) is 0 Å². The molecule has 0 unspecified atom stereocenters. The summed E-state index contributed by atoms with van der Waals surface area (Å²) in [5.74, 6) is 0.569. The Morgan fingerprint density at radius 2 is 1.73 bits per heavy atom. The van der Waals surface area contributed by atoms with Gasteiger partial charge in [0.05, 0.1) is 11.9 Å². The van der Waals surface area contributed by atoms with E-state index in [0.717, 1.165) is 23.0 Å². The number of hydrogen-bond donors (Lipinski definition) is 0. The Hall–Kier alpha value is -2.49. The molecule has 1 heterocycles. The summed E-state index contributed by atoms with van der Waals surface area (Å²) in [6.07, 6.45) is 1.39. The molecule has 0 aliphatic rings. The summed E-state index contributed by atoms with van der Waals surface area (Å²) in [5, 5.41) is 7.99. The third kappa shape index (κ3) is 3.06. The lowest BCUT2D eigenvalue weighted by atomic mass is 10.0. The molecule has 0 radical (unpaired) electrons. The van der Waals surface area contributed by atoms with Gasteiger partial charge in [0.2, 0.25) is 0 Å². The van der Waals surface area contributed by atoms with Crippen LogP contribution in [-0.4, -0.2) is 20.9 Å². The number of carbonyl (C=O) groups is 1. The number of benzene rings is 2. The second-order valence-electron chi connectivity index (χ2n) is 5.97. The zero-order chi connectivity index (χ0) is 15.5. The van der Waals surface area contributed by atoms with Gasteiger partial charge in [-0.1, -0.05) is 55.5 Å². The predicted octanol–water partition coefficient (Wildman–Crippen LogP) is 3.51. The van der Waals surface area contributed by atoms with Gasteiger partial charge in [0, 0.05) is 0 Å². The summed E-state index contributed by atoms with van der Waals surface area (Å²) in [5.41, 5.74) is 3.79. The highest BCUT2D eigenvalue weighted by Gasteiger charge is 2.12. The molecule has 0 aliphatic carbocycles. The molecule has 0 N–H and O–H groups in total. The number of aromatic nitrogens is 3. The fourth-order valence-corrected chi connectivity index (χ4v) is 2.57. The molecule has 0 spiro atoms. The molecule has 1 aromatic heterocycles. The van der Waals surface area contributed by atoms with Crippen molar-refractivity contribution in [2.45, 2.75) is 26.7 Å². The average molecular weight is 293 g/mol. The highest BCUT2D eigenvalue weighted by molar-refractivity contribution is 5.89. The molecule has 4 nitrogen and oxygen atoms in total. The number of rotatable bonds is 4. The van der Waals surface area contributed by atoms with Crippen molar-refractivity contribution < 1.29 is 4.79 Å². The molecule has 0 bridgehead atoms. The standard InChI is InChI=1S/C18H19N3O/c1-13(2)11-14-7-9-15(10-8-14)12-18(22)21-17-6-4-3-5-16(17)19-20-21/h3-10,13H,11-12H2,1-2H3. The van der Waals surface area contributed by atoms with Crippen molar-refractivity contribution in [3.63, 3.8) is 0 Å². The Morgan fingerprint density at radius 1 is 1.05 bits per heavy atom. The fraction of sp³-hybridized carbons (Fsp3) is 0.278. The first-order valence-electron chi connectivity index (χ1n) is 7.55. The maximum atomic E-state index is 12.4. The highest BCUT2D eigenvalue weighted by Crippen LogP contribution is 2.13. The van der Waals surface area contributed by atoms with Gasteiger partial charge in [0.15, 0.2) is 0 Å². The topological polar surface area (TPSA) is 47.8 Å². The van der Waals surface area contributed by atoms with Crippen LogP contribution >= 0.6 is 0 Å². The number of fused-ring (bicyclic) bond motifs is 1. The van der Waals surface area contributed by atoms with Gasteiger partial charge in [-0.05, 0) is 35.6 Å². The van der Waals surface area contributed by atoms with Crippen LogP contribution in [0.5, 0.6) is 0 Å². The van der Waals surface area contributed by atoms with E-state index in [4.69, 9.17) is 0 Å². The lowest BCUT2D eigenvalue weighted by Gasteiger charge is -2.06. The molecule has 4 heteroatoms. The first-order chi connectivity index (χ1) is 10.6. The molecule has 0 amide bonds. The first kappa shape index (κ1) is 14.4. The van der Waals surface area contributed by atoms with Gasteiger partial charge in [-0.3, -0.25) is 4.79 Å². The Morgan fingerprint density at radius 3 is 2.45 bits per heavy atom. The zero-order valence-corrected chi connectivity index (χ0v) is 12.9. The van der Waals surface area contributed by atoms with Crippen LogP contribution in [0.25, 0.3) is 11.0 Å². The molecule has 112 valence electrons. The lowest BCUT2D eigenvalue weighted by Crippen LogP contribution is -2.15. The van der Waals surface area contributed by atoms with E-state index in [2.05, 4.69) is 36.3 Å². The Bertz CT molecular complexity index is 787. The van der Waals surface area contributed by atoms with Crippen LogP contribution in [0.15, 0.2) is 48.5 Å². The molecule has 0 saturated carbocycles. The molecule has 3 rings (SSSR count). The van der Waals surface area contributed by atoms with Crippen LogP contribution in [0.3, 0.4) is 0 Å². The largest absolute Gasteiger partial charge is 0.272 e. The van der Waals surface area contributed by atoms with E-state index in [0.29, 0.717) is 12.3 Å². The van der Waals surface area contributed by atoms with Crippen molar-refractivity contribution >= 4 is 16.9 Å². The van der Waals surface area contributed by atoms with E-state index in [1.54, 1.807) is 0 Å². The second kappa shape index (κ2) is 6.10.